The number of nitrogens with one attached hydrogen (secondary N) is 1. The van der Waals surface area contributed by atoms with Gasteiger partial charge >= 0.3 is 0 Å². The number of rotatable bonds is 5. The standard InChI is InChI=1S/C23H27N5O2S/c29-23(21-16-20(25-26-21)22-2-1-15-31-22)28-11-5-17(6-12-28)27-13-7-19(8-14-27)30-18-3-9-24-10-4-18/h1-4,9-10,15-17,19H,5-8,11-14H2,(H,25,26). The lowest BCUT2D eigenvalue weighted by molar-refractivity contribution is 0.0422. The van der Waals surface area contributed by atoms with Gasteiger partial charge in [0.15, 0.2) is 5.69 Å². The van der Waals surface area contributed by atoms with Crippen LogP contribution in [0.3, 0.4) is 0 Å². The van der Waals surface area contributed by atoms with Gasteiger partial charge in [0.2, 0.25) is 0 Å². The summed E-state index contributed by atoms with van der Waals surface area (Å²) in [7, 11) is 0. The van der Waals surface area contributed by atoms with Crippen LogP contribution >= 0.6 is 11.3 Å². The van der Waals surface area contributed by atoms with Crippen molar-refractivity contribution in [2.24, 2.45) is 0 Å². The first-order chi connectivity index (χ1) is 15.3. The van der Waals surface area contributed by atoms with E-state index in [1.807, 2.05) is 40.6 Å². The molecule has 5 rings (SSSR count). The smallest absolute Gasteiger partial charge is 0.274 e. The number of nitrogens with zero attached hydrogens (tertiary/aromatic N) is 4. The summed E-state index contributed by atoms with van der Waals surface area (Å²) in [6.07, 6.45) is 7.93. The monoisotopic (exact) mass is 437 g/mol. The highest BCUT2D eigenvalue weighted by atomic mass is 32.1. The number of hydrogen-bond donors (Lipinski definition) is 1. The lowest BCUT2D eigenvalue weighted by Crippen LogP contribution is -2.50. The molecule has 0 spiro atoms. The lowest BCUT2D eigenvalue weighted by atomic mass is 9.98. The number of H-pyrrole nitrogens is 1. The summed E-state index contributed by atoms with van der Waals surface area (Å²) in [5, 5.41) is 9.28. The largest absolute Gasteiger partial charge is 0.490 e. The number of aromatic nitrogens is 3. The Morgan fingerprint density at radius 1 is 1.06 bits per heavy atom. The van der Waals surface area contributed by atoms with Gasteiger partial charge in [-0.1, -0.05) is 6.07 Å². The molecule has 0 atom stereocenters. The van der Waals surface area contributed by atoms with E-state index < -0.39 is 0 Å². The second-order valence-corrected chi connectivity index (χ2v) is 9.15. The molecule has 162 valence electrons. The molecule has 0 aromatic carbocycles. The molecule has 3 aromatic heterocycles. The zero-order valence-electron chi connectivity index (χ0n) is 17.4. The first kappa shape index (κ1) is 20.2. The molecule has 2 fully saturated rings. The summed E-state index contributed by atoms with van der Waals surface area (Å²) in [5.41, 5.74) is 1.42. The van der Waals surface area contributed by atoms with Gasteiger partial charge in [-0.3, -0.25) is 19.8 Å². The second-order valence-electron chi connectivity index (χ2n) is 8.20. The van der Waals surface area contributed by atoms with Crippen molar-refractivity contribution < 1.29 is 9.53 Å². The van der Waals surface area contributed by atoms with E-state index in [0.29, 0.717) is 11.7 Å². The maximum absolute atomic E-state index is 12.9. The van der Waals surface area contributed by atoms with Crippen molar-refractivity contribution in [3.8, 4) is 16.3 Å². The van der Waals surface area contributed by atoms with Crippen molar-refractivity contribution >= 4 is 17.2 Å². The Labute approximate surface area is 186 Å². The van der Waals surface area contributed by atoms with Gasteiger partial charge in [-0.15, -0.1) is 11.3 Å². The van der Waals surface area contributed by atoms with Crippen molar-refractivity contribution in [2.45, 2.75) is 37.8 Å². The van der Waals surface area contributed by atoms with Gasteiger partial charge in [-0.2, -0.15) is 5.10 Å². The molecule has 5 heterocycles. The fraction of sp³-hybridized carbons (Fsp3) is 0.435. The SMILES string of the molecule is O=C(c1cc(-c2cccs2)[nH]n1)N1CCC(N2CCC(Oc3ccncc3)CC2)CC1. The highest BCUT2D eigenvalue weighted by Crippen LogP contribution is 2.26. The molecule has 1 N–H and O–H groups in total. The van der Waals surface area contributed by atoms with E-state index >= 15 is 0 Å². The van der Waals surface area contributed by atoms with Gasteiger partial charge in [0.25, 0.3) is 5.91 Å². The third-order valence-electron chi connectivity index (χ3n) is 6.28. The van der Waals surface area contributed by atoms with Crippen molar-refractivity contribution in [2.75, 3.05) is 26.2 Å². The highest BCUT2D eigenvalue weighted by Gasteiger charge is 2.31. The molecule has 3 aromatic rings. The minimum absolute atomic E-state index is 0.0296. The fourth-order valence-corrected chi connectivity index (χ4v) is 5.25. The first-order valence-electron chi connectivity index (χ1n) is 11.0. The Kier molecular flexibility index (Phi) is 5.99. The number of thiophene rings is 1. The fourth-order valence-electron chi connectivity index (χ4n) is 4.55. The molecule has 0 bridgehead atoms. The Balaban J connectivity index is 1.10. The van der Waals surface area contributed by atoms with Crippen molar-refractivity contribution in [3.05, 3.63) is 53.8 Å². The Morgan fingerprint density at radius 3 is 2.55 bits per heavy atom. The van der Waals surface area contributed by atoms with Crippen LogP contribution in [-0.4, -0.2) is 69.2 Å². The average molecular weight is 438 g/mol. The van der Waals surface area contributed by atoms with E-state index in [1.165, 1.54) is 0 Å². The van der Waals surface area contributed by atoms with E-state index in [9.17, 15) is 4.79 Å². The summed E-state index contributed by atoms with van der Waals surface area (Å²) in [5.74, 6) is 0.933. The van der Waals surface area contributed by atoms with Crippen LogP contribution in [0.2, 0.25) is 0 Å². The number of ether oxygens (including phenoxy) is 1. The van der Waals surface area contributed by atoms with E-state index in [2.05, 4.69) is 20.1 Å². The molecular formula is C23H27N5O2S. The maximum atomic E-state index is 12.9. The molecule has 0 saturated carbocycles. The van der Waals surface area contributed by atoms with Crippen LogP contribution in [0.5, 0.6) is 5.75 Å². The Morgan fingerprint density at radius 2 is 1.84 bits per heavy atom. The van der Waals surface area contributed by atoms with Crippen LogP contribution in [0.1, 0.15) is 36.2 Å². The van der Waals surface area contributed by atoms with Gasteiger partial charge in [0.05, 0.1) is 10.6 Å². The molecule has 31 heavy (non-hydrogen) atoms. The van der Waals surface area contributed by atoms with Crippen LogP contribution in [0.25, 0.3) is 10.6 Å². The minimum atomic E-state index is 0.0296. The summed E-state index contributed by atoms with van der Waals surface area (Å²) in [6, 6.07) is 10.3. The Hall–Kier alpha value is -2.71. The van der Waals surface area contributed by atoms with Crippen molar-refractivity contribution in [3.63, 3.8) is 0 Å². The number of aromatic amines is 1. The number of piperidine rings is 2. The van der Waals surface area contributed by atoms with Crippen LogP contribution in [0, 0.1) is 0 Å². The topological polar surface area (TPSA) is 74.4 Å². The van der Waals surface area contributed by atoms with Gasteiger partial charge in [0, 0.05) is 44.6 Å². The molecule has 7 nitrogen and oxygen atoms in total. The molecule has 0 unspecified atom stereocenters. The molecular weight excluding hydrogens is 410 g/mol. The normalized spacial score (nSPS) is 18.9. The van der Waals surface area contributed by atoms with Crippen LogP contribution < -0.4 is 4.74 Å². The number of likely N-dealkylation sites (tertiary alicyclic amines) is 2. The van der Waals surface area contributed by atoms with E-state index in [1.54, 1.807) is 23.7 Å². The predicted molar refractivity (Wildman–Crippen MR) is 120 cm³/mol. The molecule has 0 aliphatic carbocycles. The zero-order valence-corrected chi connectivity index (χ0v) is 18.3. The van der Waals surface area contributed by atoms with Crippen LogP contribution in [0.15, 0.2) is 48.1 Å². The van der Waals surface area contributed by atoms with Crippen molar-refractivity contribution in [1.29, 1.82) is 0 Å². The Bertz CT molecular complexity index is 975. The van der Waals surface area contributed by atoms with E-state index in [0.717, 1.165) is 68.2 Å². The third kappa shape index (κ3) is 4.65. The average Bonchev–Trinajstić information content (AvgIpc) is 3.52. The van der Waals surface area contributed by atoms with Gasteiger partial charge in [-0.25, -0.2) is 0 Å². The maximum Gasteiger partial charge on any atom is 0.274 e. The minimum Gasteiger partial charge on any atom is -0.490 e. The molecule has 8 heteroatoms. The molecule has 0 radical (unpaired) electrons. The quantitative estimate of drug-likeness (QED) is 0.659. The number of carbonyl (C=O) groups excluding carboxylic acids is 1. The predicted octanol–water partition coefficient (Wildman–Crippen LogP) is 3.68. The first-order valence-corrected chi connectivity index (χ1v) is 11.8. The number of pyridine rings is 1. The van der Waals surface area contributed by atoms with Crippen LogP contribution in [0.4, 0.5) is 0 Å². The zero-order chi connectivity index (χ0) is 21.0. The summed E-state index contributed by atoms with van der Waals surface area (Å²) < 4.78 is 6.09. The molecule has 2 aliphatic rings. The van der Waals surface area contributed by atoms with Gasteiger partial charge < -0.3 is 9.64 Å². The van der Waals surface area contributed by atoms with E-state index in [-0.39, 0.29) is 12.0 Å². The number of hydrogen-bond acceptors (Lipinski definition) is 6. The lowest BCUT2D eigenvalue weighted by Gasteiger charge is -2.41. The summed E-state index contributed by atoms with van der Waals surface area (Å²) in [6.45, 7) is 3.69. The molecule has 1 amide bonds. The second kappa shape index (κ2) is 9.20. The summed E-state index contributed by atoms with van der Waals surface area (Å²) >= 11 is 1.64. The van der Waals surface area contributed by atoms with Gasteiger partial charge in [-0.05, 0) is 55.3 Å². The highest BCUT2D eigenvalue weighted by molar-refractivity contribution is 7.13. The number of carbonyl (C=O) groups is 1. The van der Waals surface area contributed by atoms with E-state index in [4.69, 9.17) is 4.74 Å². The molecule has 2 aliphatic heterocycles. The van der Waals surface area contributed by atoms with Crippen molar-refractivity contribution in [1.82, 2.24) is 25.0 Å². The van der Waals surface area contributed by atoms with Crippen LogP contribution in [-0.2, 0) is 0 Å². The van der Waals surface area contributed by atoms with Gasteiger partial charge in [0.1, 0.15) is 11.9 Å². The number of amides is 1. The summed E-state index contributed by atoms with van der Waals surface area (Å²) in [4.78, 5) is 22.6. The molecule has 2 saturated heterocycles. The third-order valence-corrected chi connectivity index (χ3v) is 7.18.